The first-order valence-corrected chi connectivity index (χ1v) is 4.89. The summed E-state index contributed by atoms with van der Waals surface area (Å²) < 4.78 is 4.49. The lowest BCUT2D eigenvalue weighted by Crippen LogP contribution is -2.18. The third kappa shape index (κ3) is 3.64. The maximum Gasteiger partial charge on any atom is 0.404 e. The van der Waals surface area contributed by atoms with Gasteiger partial charge in [0, 0.05) is 18.3 Å². The number of nitrogens with one attached hydrogen (secondary N) is 1. The standard InChI is InChI=1S/C10H10N4O4/c11-6-7-5-8(1-2-9(7)14(16)17)13-3-4-18-10(12)15/h1-2,5,13H,3-4H2,(H2,12,15). The molecule has 0 heterocycles. The van der Waals surface area contributed by atoms with Gasteiger partial charge in [0.05, 0.1) is 4.92 Å². The van der Waals surface area contributed by atoms with Crippen LogP contribution in [-0.2, 0) is 4.74 Å². The molecule has 1 amide bonds. The van der Waals surface area contributed by atoms with E-state index in [2.05, 4.69) is 10.1 Å². The summed E-state index contributed by atoms with van der Waals surface area (Å²) in [5.41, 5.74) is 4.99. The molecule has 0 aliphatic heterocycles. The zero-order valence-electron chi connectivity index (χ0n) is 9.25. The fourth-order valence-electron chi connectivity index (χ4n) is 1.24. The Morgan fingerprint density at radius 2 is 2.33 bits per heavy atom. The highest BCUT2D eigenvalue weighted by Gasteiger charge is 2.13. The fraction of sp³-hybridized carbons (Fsp3) is 0.200. The Morgan fingerprint density at radius 3 is 2.89 bits per heavy atom. The number of anilines is 1. The molecule has 94 valence electrons. The van der Waals surface area contributed by atoms with E-state index in [1.165, 1.54) is 18.2 Å². The van der Waals surface area contributed by atoms with E-state index in [-0.39, 0.29) is 24.4 Å². The number of nitrogens with two attached hydrogens (primary N) is 1. The van der Waals surface area contributed by atoms with Gasteiger partial charge in [-0.1, -0.05) is 0 Å². The number of nitro benzene ring substituents is 1. The van der Waals surface area contributed by atoms with Crippen molar-refractivity contribution in [2.45, 2.75) is 0 Å². The van der Waals surface area contributed by atoms with E-state index < -0.39 is 11.0 Å². The number of amides is 1. The second-order valence-electron chi connectivity index (χ2n) is 3.20. The number of ether oxygens (including phenoxy) is 1. The van der Waals surface area contributed by atoms with Gasteiger partial charge < -0.3 is 15.8 Å². The highest BCUT2D eigenvalue weighted by molar-refractivity contribution is 5.64. The van der Waals surface area contributed by atoms with Gasteiger partial charge >= 0.3 is 6.09 Å². The predicted molar refractivity (Wildman–Crippen MR) is 61.8 cm³/mol. The summed E-state index contributed by atoms with van der Waals surface area (Å²) in [7, 11) is 0. The van der Waals surface area contributed by atoms with E-state index in [0.717, 1.165) is 0 Å². The van der Waals surface area contributed by atoms with Crippen LogP contribution >= 0.6 is 0 Å². The van der Waals surface area contributed by atoms with Crippen molar-refractivity contribution in [2.24, 2.45) is 5.73 Å². The van der Waals surface area contributed by atoms with Crippen molar-refractivity contribution in [3.8, 4) is 6.07 Å². The number of benzene rings is 1. The van der Waals surface area contributed by atoms with Gasteiger partial charge in [0.1, 0.15) is 18.2 Å². The lowest BCUT2D eigenvalue weighted by Gasteiger charge is -2.06. The first-order valence-electron chi connectivity index (χ1n) is 4.89. The first kappa shape index (κ1) is 13.2. The average molecular weight is 250 g/mol. The number of nitriles is 1. The molecule has 0 fully saturated rings. The Bertz CT molecular complexity index is 509. The Morgan fingerprint density at radius 1 is 1.61 bits per heavy atom. The molecular weight excluding hydrogens is 240 g/mol. The Kier molecular flexibility index (Phi) is 4.45. The number of primary amides is 1. The molecule has 0 aromatic heterocycles. The molecule has 1 rings (SSSR count). The average Bonchev–Trinajstić information content (AvgIpc) is 2.33. The zero-order chi connectivity index (χ0) is 13.5. The number of carbonyl (C=O) groups excluding carboxylic acids is 1. The molecule has 0 bridgehead atoms. The summed E-state index contributed by atoms with van der Waals surface area (Å²) in [6.07, 6.45) is -0.877. The van der Waals surface area contributed by atoms with Crippen molar-refractivity contribution < 1.29 is 14.5 Å². The number of nitro groups is 1. The van der Waals surface area contributed by atoms with Crippen LogP contribution in [-0.4, -0.2) is 24.2 Å². The molecule has 1 aromatic carbocycles. The third-order valence-corrected chi connectivity index (χ3v) is 1.99. The van der Waals surface area contributed by atoms with Gasteiger partial charge in [0.15, 0.2) is 0 Å². The van der Waals surface area contributed by atoms with Gasteiger partial charge in [-0.3, -0.25) is 10.1 Å². The minimum Gasteiger partial charge on any atom is -0.448 e. The van der Waals surface area contributed by atoms with Crippen molar-refractivity contribution in [3.63, 3.8) is 0 Å². The van der Waals surface area contributed by atoms with Crippen LogP contribution in [0.25, 0.3) is 0 Å². The molecule has 0 saturated carbocycles. The number of nitrogens with zero attached hydrogens (tertiary/aromatic N) is 2. The summed E-state index contributed by atoms with van der Waals surface area (Å²) in [5.74, 6) is 0. The topological polar surface area (TPSA) is 131 Å². The van der Waals surface area contributed by atoms with Crippen LogP contribution in [0.5, 0.6) is 0 Å². The van der Waals surface area contributed by atoms with Crippen molar-refractivity contribution in [3.05, 3.63) is 33.9 Å². The number of carbonyl (C=O) groups is 1. The van der Waals surface area contributed by atoms with E-state index in [4.69, 9.17) is 11.0 Å². The van der Waals surface area contributed by atoms with E-state index in [9.17, 15) is 14.9 Å². The highest BCUT2D eigenvalue weighted by atomic mass is 16.6. The van der Waals surface area contributed by atoms with Gasteiger partial charge in [0.2, 0.25) is 0 Å². The van der Waals surface area contributed by atoms with E-state index in [0.29, 0.717) is 5.69 Å². The van der Waals surface area contributed by atoms with Gasteiger partial charge in [-0.25, -0.2) is 4.79 Å². The Balaban J connectivity index is 2.66. The van der Waals surface area contributed by atoms with Crippen molar-refractivity contribution in [2.75, 3.05) is 18.5 Å². The monoisotopic (exact) mass is 250 g/mol. The minimum atomic E-state index is -0.877. The van der Waals surface area contributed by atoms with E-state index in [1.54, 1.807) is 6.07 Å². The SMILES string of the molecule is N#Cc1cc(NCCOC(N)=O)ccc1[N+](=O)[O-]. The zero-order valence-corrected chi connectivity index (χ0v) is 9.25. The molecule has 0 atom stereocenters. The van der Waals surface area contributed by atoms with Crippen LogP contribution in [0.1, 0.15) is 5.56 Å². The van der Waals surface area contributed by atoms with Gasteiger partial charge in [-0.2, -0.15) is 5.26 Å². The van der Waals surface area contributed by atoms with Gasteiger partial charge in [-0.05, 0) is 12.1 Å². The lowest BCUT2D eigenvalue weighted by atomic mass is 10.2. The summed E-state index contributed by atoms with van der Waals surface area (Å²) in [6.45, 7) is 0.347. The smallest absolute Gasteiger partial charge is 0.404 e. The predicted octanol–water partition coefficient (Wildman–Crippen LogP) is 0.974. The summed E-state index contributed by atoms with van der Waals surface area (Å²) in [5, 5.41) is 22.2. The van der Waals surface area contributed by atoms with Crippen LogP contribution in [0.15, 0.2) is 18.2 Å². The molecule has 1 aromatic rings. The largest absolute Gasteiger partial charge is 0.448 e. The Hall–Kier alpha value is -2.82. The second-order valence-corrected chi connectivity index (χ2v) is 3.20. The molecule has 0 saturated heterocycles. The molecule has 0 aliphatic carbocycles. The van der Waals surface area contributed by atoms with Crippen LogP contribution in [0, 0.1) is 21.4 Å². The minimum absolute atomic E-state index is 0.0409. The van der Waals surface area contributed by atoms with Crippen molar-refractivity contribution in [1.29, 1.82) is 5.26 Å². The van der Waals surface area contributed by atoms with Crippen molar-refractivity contribution in [1.82, 2.24) is 0 Å². The normalized spacial score (nSPS) is 9.28. The molecule has 3 N–H and O–H groups in total. The molecule has 8 nitrogen and oxygen atoms in total. The van der Waals surface area contributed by atoms with Crippen LogP contribution in [0.4, 0.5) is 16.2 Å². The molecule has 8 heteroatoms. The van der Waals surface area contributed by atoms with Gasteiger partial charge in [-0.15, -0.1) is 0 Å². The number of hydrogen-bond donors (Lipinski definition) is 2. The van der Waals surface area contributed by atoms with Gasteiger partial charge in [0.25, 0.3) is 5.69 Å². The number of rotatable bonds is 5. The second kappa shape index (κ2) is 6.05. The van der Waals surface area contributed by atoms with Crippen LogP contribution < -0.4 is 11.1 Å². The maximum atomic E-state index is 10.6. The molecule has 0 spiro atoms. The van der Waals surface area contributed by atoms with E-state index >= 15 is 0 Å². The van der Waals surface area contributed by atoms with Crippen LogP contribution in [0.3, 0.4) is 0 Å². The molecule has 0 unspecified atom stereocenters. The van der Waals surface area contributed by atoms with Crippen molar-refractivity contribution >= 4 is 17.5 Å². The van der Waals surface area contributed by atoms with E-state index in [1.807, 2.05) is 0 Å². The molecule has 18 heavy (non-hydrogen) atoms. The Labute approximate surface area is 102 Å². The fourth-order valence-corrected chi connectivity index (χ4v) is 1.24. The van der Waals surface area contributed by atoms with Crippen LogP contribution in [0.2, 0.25) is 0 Å². The quantitative estimate of drug-likeness (QED) is 0.454. The molecular formula is C10H10N4O4. The summed E-state index contributed by atoms with van der Waals surface area (Å²) in [4.78, 5) is 20.2. The summed E-state index contributed by atoms with van der Waals surface area (Å²) in [6, 6.07) is 5.78. The highest BCUT2D eigenvalue weighted by Crippen LogP contribution is 2.21. The summed E-state index contributed by atoms with van der Waals surface area (Å²) >= 11 is 0. The molecule has 0 aliphatic rings. The number of hydrogen-bond acceptors (Lipinski definition) is 6. The lowest BCUT2D eigenvalue weighted by molar-refractivity contribution is -0.385. The third-order valence-electron chi connectivity index (χ3n) is 1.99. The molecule has 0 radical (unpaired) electrons. The first-order chi connectivity index (χ1) is 8.54. The maximum absolute atomic E-state index is 10.6.